The minimum absolute atomic E-state index is 0.164. The van der Waals surface area contributed by atoms with E-state index in [9.17, 15) is 15.2 Å². The largest absolute Gasteiger partial charge is 0.476 e. The zero-order chi connectivity index (χ0) is 26.0. The first kappa shape index (κ1) is 25.0. The van der Waals surface area contributed by atoms with Crippen LogP contribution in [0.2, 0.25) is 0 Å². The Hall–Kier alpha value is -3.64. The number of amides is 1. The van der Waals surface area contributed by atoms with Crippen molar-refractivity contribution in [1.82, 2.24) is 19.9 Å². The van der Waals surface area contributed by atoms with Crippen molar-refractivity contribution in [3.8, 4) is 23.1 Å². The summed E-state index contributed by atoms with van der Waals surface area (Å²) in [5.41, 5.74) is 2.60. The molecule has 0 aromatic carbocycles. The molecule has 1 aliphatic carbocycles. The van der Waals surface area contributed by atoms with Crippen molar-refractivity contribution in [2.24, 2.45) is 5.92 Å². The number of piperidine rings is 1. The predicted octanol–water partition coefficient (Wildman–Crippen LogP) is 3.69. The van der Waals surface area contributed by atoms with E-state index in [0.717, 1.165) is 42.9 Å². The molecule has 3 aromatic rings. The van der Waals surface area contributed by atoms with Gasteiger partial charge in [-0.25, -0.2) is 9.50 Å². The lowest BCUT2D eigenvalue weighted by Gasteiger charge is -2.40. The lowest BCUT2D eigenvalue weighted by atomic mass is 9.89. The minimum atomic E-state index is -0.484. The predicted molar refractivity (Wildman–Crippen MR) is 140 cm³/mol. The number of carbonyl (C=O) groups is 1. The van der Waals surface area contributed by atoms with E-state index >= 15 is 0 Å². The van der Waals surface area contributed by atoms with Crippen molar-refractivity contribution < 1.29 is 14.6 Å². The zero-order valence-electron chi connectivity index (χ0n) is 21.5. The van der Waals surface area contributed by atoms with Gasteiger partial charge in [-0.2, -0.15) is 5.26 Å². The first-order valence-electron chi connectivity index (χ1n) is 13.1. The van der Waals surface area contributed by atoms with Gasteiger partial charge in [0.05, 0.1) is 18.2 Å². The average Bonchev–Trinajstić information content (AvgIpc) is 3.61. The number of nitrogens with one attached hydrogen (secondary N) is 1. The molecule has 2 fully saturated rings. The first-order valence-corrected chi connectivity index (χ1v) is 13.1. The first-order chi connectivity index (χ1) is 17.8. The van der Waals surface area contributed by atoms with Crippen LogP contribution in [0.25, 0.3) is 16.6 Å². The molecule has 37 heavy (non-hydrogen) atoms. The third kappa shape index (κ3) is 5.70. The Morgan fingerprint density at radius 1 is 1.32 bits per heavy atom. The smallest absolute Gasteiger partial charge is 0.252 e. The number of carbonyl (C=O) groups excluding carboxylic acids is 1. The van der Waals surface area contributed by atoms with Gasteiger partial charge < -0.3 is 20.1 Å². The molecule has 5 rings (SSSR count). The quantitative estimate of drug-likeness (QED) is 0.458. The molecule has 3 aromatic heterocycles. The van der Waals surface area contributed by atoms with Crippen molar-refractivity contribution in [3.05, 3.63) is 42.2 Å². The summed E-state index contributed by atoms with van der Waals surface area (Å²) in [5, 5.41) is 27.1. The summed E-state index contributed by atoms with van der Waals surface area (Å²) in [7, 11) is 0. The second-order valence-electron chi connectivity index (χ2n) is 10.6. The van der Waals surface area contributed by atoms with Gasteiger partial charge >= 0.3 is 0 Å². The fraction of sp³-hybridized carbons (Fsp3) is 0.500. The normalized spacial score (nSPS) is 17.8. The number of aromatic nitrogens is 3. The van der Waals surface area contributed by atoms with E-state index in [1.807, 2.05) is 30.5 Å². The van der Waals surface area contributed by atoms with E-state index in [0.29, 0.717) is 29.8 Å². The van der Waals surface area contributed by atoms with Gasteiger partial charge in [0.25, 0.3) is 5.88 Å². The van der Waals surface area contributed by atoms with E-state index < -0.39 is 6.10 Å². The van der Waals surface area contributed by atoms with Gasteiger partial charge in [-0.05, 0) is 63.6 Å². The van der Waals surface area contributed by atoms with Crippen LogP contribution in [0.15, 0.2) is 36.7 Å². The van der Waals surface area contributed by atoms with Crippen molar-refractivity contribution in [1.29, 1.82) is 5.26 Å². The number of nitrogens with zero attached hydrogens (tertiary/aromatic N) is 5. The van der Waals surface area contributed by atoms with Crippen molar-refractivity contribution in [2.75, 3.05) is 24.6 Å². The SMILES string of the molecule is CC(O)CCOc1nn2cccc(-c3ccc(N4CCC(C)(NC(=O)CC5CC5)CC4)nc3)c2c1C#N. The van der Waals surface area contributed by atoms with Gasteiger partial charge in [0.1, 0.15) is 17.5 Å². The highest BCUT2D eigenvalue weighted by Crippen LogP contribution is 2.34. The maximum atomic E-state index is 12.3. The van der Waals surface area contributed by atoms with Crippen LogP contribution >= 0.6 is 0 Å². The lowest BCUT2D eigenvalue weighted by Crippen LogP contribution is -2.53. The Bertz CT molecular complexity index is 1300. The highest BCUT2D eigenvalue weighted by atomic mass is 16.5. The van der Waals surface area contributed by atoms with Crippen LogP contribution < -0.4 is 15.0 Å². The molecule has 1 unspecified atom stereocenters. The lowest BCUT2D eigenvalue weighted by molar-refractivity contribution is -0.123. The molecule has 0 spiro atoms. The van der Waals surface area contributed by atoms with Gasteiger partial charge in [-0.15, -0.1) is 5.10 Å². The molecule has 0 bridgehead atoms. The number of rotatable bonds is 9. The van der Waals surface area contributed by atoms with E-state index in [1.54, 1.807) is 17.6 Å². The molecule has 1 atom stereocenters. The molecule has 9 nitrogen and oxygen atoms in total. The highest BCUT2D eigenvalue weighted by molar-refractivity contribution is 5.85. The topological polar surface area (TPSA) is 116 Å². The van der Waals surface area contributed by atoms with Gasteiger partial charge in [-0.1, -0.05) is 6.07 Å². The monoisotopic (exact) mass is 502 g/mol. The molecular weight excluding hydrogens is 468 g/mol. The number of aliphatic hydroxyl groups excluding tert-OH is 1. The van der Waals surface area contributed by atoms with Crippen LogP contribution in [-0.2, 0) is 4.79 Å². The van der Waals surface area contributed by atoms with Crippen LogP contribution in [0.5, 0.6) is 5.88 Å². The standard InChI is InChI=1S/C28H34N6O3/c1-19(35)9-15-37-27-23(17-29)26-22(4-3-12-34(26)32-27)21-7-8-24(30-18-21)33-13-10-28(2,11-14-33)31-25(36)16-20-5-6-20/h3-4,7-8,12,18-20,35H,5-6,9-11,13-16H2,1-2H3,(H,31,36). The number of aliphatic hydroxyl groups is 1. The van der Waals surface area contributed by atoms with E-state index in [4.69, 9.17) is 9.72 Å². The molecule has 1 saturated heterocycles. The number of nitriles is 1. The van der Waals surface area contributed by atoms with Crippen molar-refractivity contribution >= 4 is 17.2 Å². The number of hydrogen-bond acceptors (Lipinski definition) is 7. The summed E-state index contributed by atoms with van der Waals surface area (Å²) in [6.07, 6.45) is 8.39. The number of anilines is 1. The molecule has 2 N–H and O–H groups in total. The Balaban J connectivity index is 1.29. The fourth-order valence-corrected chi connectivity index (χ4v) is 4.90. The van der Waals surface area contributed by atoms with Crippen LogP contribution in [0.4, 0.5) is 5.82 Å². The minimum Gasteiger partial charge on any atom is -0.476 e. The molecule has 194 valence electrons. The summed E-state index contributed by atoms with van der Waals surface area (Å²) in [5.74, 6) is 1.94. The number of ether oxygens (including phenoxy) is 1. The van der Waals surface area contributed by atoms with Crippen molar-refractivity contribution in [3.63, 3.8) is 0 Å². The second kappa shape index (κ2) is 10.4. The fourth-order valence-electron chi connectivity index (χ4n) is 4.90. The van der Waals surface area contributed by atoms with Crippen LogP contribution in [0.1, 0.15) is 57.9 Å². The third-order valence-electron chi connectivity index (χ3n) is 7.37. The van der Waals surface area contributed by atoms with Gasteiger partial charge in [-0.3, -0.25) is 4.79 Å². The number of pyridine rings is 2. The van der Waals surface area contributed by atoms with E-state index in [2.05, 4.69) is 28.3 Å². The zero-order valence-corrected chi connectivity index (χ0v) is 21.5. The maximum Gasteiger partial charge on any atom is 0.252 e. The van der Waals surface area contributed by atoms with E-state index in [-0.39, 0.29) is 23.9 Å². The summed E-state index contributed by atoms with van der Waals surface area (Å²) in [4.78, 5) is 19.3. The third-order valence-corrected chi connectivity index (χ3v) is 7.37. The molecular formula is C28H34N6O3. The van der Waals surface area contributed by atoms with Gasteiger partial charge in [0.15, 0.2) is 0 Å². The Kier molecular flexibility index (Phi) is 7.02. The van der Waals surface area contributed by atoms with Crippen molar-refractivity contribution in [2.45, 2.75) is 64.0 Å². The average molecular weight is 503 g/mol. The summed E-state index contributed by atoms with van der Waals surface area (Å²) < 4.78 is 7.37. The summed E-state index contributed by atoms with van der Waals surface area (Å²) in [6, 6.07) is 10.1. The van der Waals surface area contributed by atoms with Gasteiger partial charge in [0.2, 0.25) is 5.91 Å². The summed E-state index contributed by atoms with van der Waals surface area (Å²) in [6.45, 7) is 5.78. The highest BCUT2D eigenvalue weighted by Gasteiger charge is 2.33. The van der Waals surface area contributed by atoms with Crippen LogP contribution in [0, 0.1) is 17.2 Å². The Morgan fingerprint density at radius 2 is 2.11 bits per heavy atom. The number of hydrogen-bond donors (Lipinski definition) is 2. The van der Waals surface area contributed by atoms with E-state index in [1.165, 1.54) is 12.8 Å². The molecule has 1 aliphatic heterocycles. The molecule has 1 amide bonds. The van der Waals surface area contributed by atoms with Crippen LogP contribution in [-0.4, -0.2) is 57.0 Å². The molecule has 9 heteroatoms. The van der Waals surface area contributed by atoms with Gasteiger partial charge in [0, 0.05) is 55.0 Å². The second-order valence-corrected chi connectivity index (χ2v) is 10.6. The Labute approximate surface area is 217 Å². The molecule has 4 heterocycles. The summed E-state index contributed by atoms with van der Waals surface area (Å²) >= 11 is 0. The Morgan fingerprint density at radius 3 is 2.76 bits per heavy atom. The van der Waals surface area contributed by atoms with Crippen LogP contribution in [0.3, 0.4) is 0 Å². The molecule has 0 radical (unpaired) electrons. The molecule has 2 aliphatic rings. The number of fused-ring (bicyclic) bond motifs is 1. The maximum absolute atomic E-state index is 12.3. The molecule has 1 saturated carbocycles.